The maximum atomic E-state index is 13.1. The molecule has 1 fully saturated rings. The second-order valence-corrected chi connectivity index (χ2v) is 8.40. The highest BCUT2D eigenvalue weighted by Gasteiger charge is 2.35. The largest absolute Gasteiger partial charge is 0.497 e. The topological polar surface area (TPSA) is 63.7 Å². The number of rotatable bonds is 4. The standard InChI is InChI=1S/C18H23NO4S/c1-23-17-9-7-15(8-10-17)19(16-11-12-24(21,22)13-16)18(20)14-5-3-2-4-6-14/h7-12,14,16H,2-6,13H2,1H3/t16-/m0/s1. The lowest BCUT2D eigenvalue weighted by Crippen LogP contribution is -2.44. The summed E-state index contributed by atoms with van der Waals surface area (Å²) in [4.78, 5) is 14.8. The van der Waals surface area contributed by atoms with Crippen molar-refractivity contribution in [3.63, 3.8) is 0 Å². The molecule has 0 radical (unpaired) electrons. The second kappa shape index (κ2) is 6.97. The number of nitrogens with zero attached hydrogens (tertiary/aromatic N) is 1. The summed E-state index contributed by atoms with van der Waals surface area (Å²) in [6, 6.07) is 6.79. The molecular formula is C18H23NO4S. The number of hydrogen-bond donors (Lipinski definition) is 0. The molecule has 0 saturated heterocycles. The quantitative estimate of drug-likeness (QED) is 0.838. The van der Waals surface area contributed by atoms with Gasteiger partial charge in [0.25, 0.3) is 0 Å². The third-order valence-electron chi connectivity index (χ3n) is 4.79. The number of carbonyl (C=O) groups is 1. The van der Waals surface area contributed by atoms with Gasteiger partial charge in [0.05, 0.1) is 18.9 Å². The van der Waals surface area contributed by atoms with Gasteiger partial charge in [0.1, 0.15) is 5.75 Å². The Morgan fingerprint density at radius 1 is 1.12 bits per heavy atom. The monoisotopic (exact) mass is 349 g/mol. The molecule has 1 atom stereocenters. The number of anilines is 1. The van der Waals surface area contributed by atoms with Crippen LogP contribution < -0.4 is 9.64 Å². The van der Waals surface area contributed by atoms with Crippen molar-refractivity contribution in [2.45, 2.75) is 38.1 Å². The molecular weight excluding hydrogens is 326 g/mol. The summed E-state index contributed by atoms with van der Waals surface area (Å²) in [6.45, 7) is 0. The second-order valence-electron chi connectivity index (χ2n) is 6.47. The Morgan fingerprint density at radius 2 is 1.79 bits per heavy atom. The number of sulfone groups is 1. The molecule has 1 amide bonds. The first kappa shape index (κ1) is 17.0. The molecule has 0 aromatic heterocycles. The van der Waals surface area contributed by atoms with Crippen molar-refractivity contribution < 1.29 is 17.9 Å². The molecule has 6 heteroatoms. The lowest BCUT2D eigenvalue weighted by molar-refractivity contribution is -0.123. The smallest absolute Gasteiger partial charge is 0.230 e. The van der Waals surface area contributed by atoms with Gasteiger partial charge in [0.15, 0.2) is 9.84 Å². The lowest BCUT2D eigenvalue weighted by Gasteiger charge is -2.32. The number of methoxy groups -OCH3 is 1. The zero-order valence-corrected chi connectivity index (χ0v) is 14.7. The highest BCUT2D eigenvalue weighted by molar-refractivity contribution is 7.94. The van der Waals surface area contributed by atoms with E-state index >= 15 is 0 Å². The molecule has 5 nitrogen and oxygen atoms in total. The molecule has 2 aliphatic rings. The number of hydrogen-bond acceptors (Lipinski definition) is 4. The van der Waals surface area contributed by atoms with Gasteiger partial charge in [-0.2, -0.15) is 0 Å². The van der Waals surface area contributed by atoms with Gasteiger partial charge in [-0.1, -0.05) is 19.3 Å². The number of carbonyl (C=O) groups excluding carboxylic acids is 1. The normalized spacial score (nSPS) is 23.1. The minimum absolute atomic E-state index is 0.0162. The molecule has 24 heavy (non-hydrogen) atoms. The molecule has 1 aromatic carbocycles. The fourth-order valence-corrected chi connectivity index (χ4v) is 4.76. The Hall–Kier alpha value is -1.82. The Bertz CT molecular complexity index is 718. The maximum absolute atomic E-state index is 13.1. The SMILES string of the molecule is COc1ccc(N(C(=O)C2CCCCC2)[C@H]2C=CS(=O)(=O)C2)cc1. The highest BCUT2D eigenvalue weighted by Crippen LogP contribution is 2.31. The van der Waals surface area contributed by atoms with Gasteiger partial charge in [-0.05, 0) is 43.2 Å². The van der Waals surface area contributed by atoms with Crippen molar-refractivity contribution in [3.05, 3.63) is 35.7 Å². The van der Waals surface area contributed by atoms with E-state index in [1.807, 2.05) is 12.1 Å². The molecule has 0 N–H and O–H groups in total. The fourth-order valence-electron chi connectivity index (χ4n) is 3.49. The summed E-state index contributed by atoms with van der Waals surface area (Å²) in [5.41, 5.74) is 0.720. The van der Waals surface area contributed by atoms with Crippen molar-refractivity contribution in [1.82, 2.24) is 0 Å². The first-order valence-electron chi connectivity index (χ1n) is 8.38. The van der Waals surface area contributed by atoms with E-state index in [2.05, 4.69) is 0 Å². The molecule has 1 aliphatic carbocycles. The fraction of sp³-hybridized carbons (Fsp3) is 0.500. The van der Waals surface area contributed by atoms with Crippen LogP contribution >= 0.6 is 0 Å². The molecule has 1 aromatic rings. The third kappa shape index (κ3) is 3.64. The zero-order chi connectivity index (χ0) is 17.2. The first-order valence-corrected chi connectivity index (χ1v) is 10.1. The molecule has 1 saturated carbocycles. The predicted octanol–water partition coefficient (Wildman–Crippen LogP) is 2.92. The lowest BCUT2D eigenvalue weighted by atomic mass is 9.88. The minimum atomic E-state index is -3.22. The molecule has 0 spiro atoms. The van der Waals surface area contributed by atoms with E-state index in [1.54, 1.807) is 30.2 Å². The predicted molar refractivity (Wildman–Crippen MR) is 93.8 cm³/mol. The molecule has 0 unspecified atom stereocenters. The van der Waals surface area contributed by atoms with Gasteiger partial charge in [0.2, 0.25) is 5.91 Å². The summed E-state index contributed by atoms with van der Waals surface area (Å²) in [7, 11) is -1.64. The number of amides is 1. The molecule has 130 valence electrons. The average Bonchev–Trinajstić information content (AvgIpc) is 2.96. The molecule has 1 heterocycles. The van der Waals surface area contributed by atoms with Gasteiger partial charge >= 0.3 is 0 Å². The molecule has 1 aliphatic heterocycles. The Morgan fingerprint density at radius 3 is 2.33 bits per heavy atom. The Labute approximate surface area is 143 Å². The van der Waals surface area contributed by atoms with Crippen LogP contribution in [0.15, 0.2) is 35.7 Å². The van der Waals surface area contributed by atoms with Crippen molar-refractivity contribution in [1.29, 1.82) is 0 Å². The van der Waals surface area contributed by atoms with E-state index in [0.29, 0.717) is 5.75 Å². The third-order valence-corrected chi connectivity index (χ3v) is 6.16. The highest BCUT2D eigenvalue weighted by atomic mass is 32.2. The molecule has 0 bridgehead atoms. The van der Waals surface area contributed by atoms with Gasteiger partial charge in [-0.3, -0.25) is 4.79 Å². The van der Waals surface area contributed by atoms with Crippen LogP contribution in [0.5, 0.6) is 5.75 Å². The van der Waals surface area contributed by atoms with Crippen LogP contribution in [0.1, 0.15) is 32.1 Å². The summed E-state index contributed by atoms with van der Waals surface area (Å²) >= 11 is 0. The van der Waals surface area contributed by atoms with E-state index < -0.39 is 15.9 Å². The minimum Gasteiger partial charge on any atom is -0.497 e. The van der Waals surface area contributed by atoms with Crippen LogP contribution in [0.3, 0.4) is 0 Å². The zero-order valence-electron chi connectivity index (χ0n) is 13.8. The van der Waals surface area contributed by atoms with Crippen LogP contribution in [-0.2, 0) is 14.6 Å². The van der Waals surface area contributed by atoms with Crippen LogP contribution in [0.25, 0.3) is 0 Å². The first-order chi connectivity index (χ1) is 11.5. The van der Waals surface area contributed by atoms with Crippen molar-refractivity contribution in [2.24, 2.45) is 5.92 Å². The maximum Gasteiger partial charge on any atom is 0.230 e. The Balaban J connectivity index is 1.90. The van der Waals surface area contributed by atoms with Crippen molar-refractivity contribution in [3.8, 4) is 5.75 Å². The van der Waals surface area contributed by atoms with Crippen molar-refractivity contribution >= 4 is 21.4 Å². The van der Waals surface area contributed by atoms with Crippen LogP contribution in [-0.4, -0.2) is 33.2 Å². The Kier molecular flexibility index (Phi) is 4.94. The number of benzene rings is 1. The summed E-state index contributed by atoms with van der Waals surface area (Å²) in [5.74, 6) is 0.680. The van der Waals surface area contributed by atoms with Gasteiger partial charge < -0.3 is 9.64 Å². The van der Waals surface area contributed by atoms with Crippen LogP contribution in [0.2, 0.25) is 0 Å². The van der Waals surface area contributed by atoms with E-state index in [1.165, 1.54) is 11.8 Å². The summed E-state index contributed by atoms with van der Waals surface area (Å²) in [6.07, 6.45) is 6.69. The summed E-state index contributed by atoms with van der Waals surface area (Å²) < 4.78 is 28.8. The van der Waals surface area contributed by atoms with Crippen molar-refractivity contribution in [2.75, 3.05) is 17.8 Å². The van der Waals surface area contributed by atoms with E-state index in [-0.39, 0.29) is 17.6 Å². The molecule has 3 rings (SSSR count). The van der Waals surface area contributed by atoms with E-state index in [4.69, 9.17) is 4.74 Å². The van der Waals surface area contributed by atoms with Gasteiger partial charge in [-0.15, -0.1) is 0 Å². The number of ether oxygens (including phenoxy) is 1. The average molecular weight is 349 g/mol. The van der Waals surface area contributed by atoms with Gasteiger partial charge in [0, 0.05) is 17.0 Å². The van der Waals surface area contributed by atoms with Crippen LogP contribution in [0, 0.1) is 5.92 Å². The van der Waals surface area contributed by atoms with E-state index in [0.717, 1.165) is 31.4 Å². The summed E-state index contributed by atoms with van der Waals surface area (Å²) in [5, 5.41) is 1.22. The van der Waals surface area contributed by atoms with Crippen LogP contribution in [0.4, 0.5) is 5.69 Å². The van der Waals surface area contributed by atoms with Gasteiger partial charge in [-0.25, -0.2) is 8.42 Å². The van der Waals surface area contributed by atoms with E-state index in [9.17, 15) is 13.2 Å².